The van der Waals surface area contributed by atoms with Gasteiger partial charge in [-0.1, -0.05) is 12.1 Å². The van der Waals surface area contributed by atoms with Crippen molar-refractivity contribution in [1.82, 2.24) is 20.0 Å². The van der Waals surface area contributed by atoms with Crippen molar-refractivity contribution in [3.63, 3.8) is 0 Å². The lowest BCUT2D eigenvalue weighted by atomic mass is 9.72. The molecule has 1 N–H and O–H groups in total. The Morgan fingerprint density at radius 2 is 2.00 bits per heavy atom. The number of benzene rings is 1. The second-order valence-electron chi connectivity index (χ2n) is 8.83. The van der Waals surface area contributed by atoms with Crippen LogP contribution < -0.4 is 5.32 Å². The zero-order valence-corrected chi connectivity index (χ0v) is 17.8. The number of nitrogens with one attached hydrogen (secondary N) is 1. The van der Waals surface area contributed by atoms with Gasteiger partial charge in [-0.05, 0) is 69.0 Å². The van der Waals surface area contributed by atoms with Gasteiger partial charge < -0.3 is 15.0 Å². The van der Waals surface area contributed by atoms with Crippen molar-refractivity contribution in [2.75, 3.05) is 39.8 Å². The zero-order valence-electron chi connectivity index (χ0n) is 17.8. The van der Waals surface area contributed by atoms with Crippen molar-refractivity contribution < 1.29 is 9.53 Å². The largest absolute Gasteiger partial charge is 0.469 e. The summed E-state index contributed by atoms with van der Waals surface area (Å²) in [5.74, 6) is -0.0259. The van der Waals surface area contributed by atoms with Gasteiger partial charge in [0.2, 0.25) is 0 Å². The Hall–Kier alpha value is -2.18. The van der Waals surface area contributed by atoms with Gasteiger partial charge in [0.05, 0.1) is 24.9 Å². The Morgan fingerprint density at radius 1 is 1.24 bits per heavy atom. The van der Waals surface area contributed by atoms with E-state index in [9.17, 15) is 4.79 Å². The summed E-state index contributed by atoms with van der Waals surface area (Å²) in [6.07, 6.45) is 2.93. The maximum absolute atomic E-state index is 12.1. The molecule has 0 saturated carbocycles. The monoisotopic (exact) mass is 396 g/mol. The predicted molar refractivity (Wildman–Crippen MR) is 113 cm³/mol. The summed E-state index contributed by atoms with van der Waals surface area (Å²) < 4.78 is 6.97. The van der Waals surface area contributed by atoms with E-state index in [0.717, 1.165) is 49.8 Å². The summed E-state index contributed by atoms with van der Waals surface area (Å²) in [6, 6.07) is 10.5. The van der Waals surface area contributed by atoms with Gasteiger partial charge in [0.15, 0.2) is 0 Å². The van der Waals surface area contributed by atoms with E-state index in [-0.39, 0.29) is 11.9 Å². The maximum Gasteiger partial charge on any atom is 0.306 e. The number of likely N-dealkylation sites (tertiary alicyclic amines) is 1. The first-order valence-corrected chi connectivity index (χ1v) is 10.6. The summed E-state index contributed by atoms with van der Waals surface area (Å²) in [6.45, 7) is 9.51. The van der Waals surface area contributed by atoms with Gasteiger partial charge in [-0.2, -0.15) is 5.10 Å². The SMILES string of the molecule is COC(=O)C[C@H](CN1CC2(CCNCC2)C1)c1cccc(-n2nc(C)cc2C)c1. The topological polar surface area (TPSA) is 59.4 Å². The van der Waals surface area contributed by atoms with Gasteiger partial charge in [0, 0.05) is 31.2 Å². The van der Waals surface area contributed by atoms with Crippen LogP contribution in [0.1, 0.15) is 42.1 Å². The molecule has 2 saturated heterocycles. The van der Waals surface area contributed by atoms with Crippen LogP contribution >= 0.6 is 0 Å². The highest BCUT2D eigenvalue weighted by Crippen LogP contribution is 2.40. The first-order valence-electron chi connectivity index (χ1n) is 10.6. The molecule has 0 unspecified atom stereocenters. The molecule has 156 valence electrons. The number of nitrogens with zero attached hydrogens (tertiary/aromatic N) is 3. The third-order valence-electron chi connectivity index (χ3n) is 6.50. The van der Waals surface area contributed by atoms with Crippen LogP contribution in [0.3, 0.4) is 0 Å². The fraction of sp³-hybridized carbons (Fsp3) is 0.565. The van der Waals surface area contributed by atoms with Crippen LogP contribution in [0.15, 0.2) is 30.3 Å². The molecule has 2 aromatic rings. The molecular weight excluding hydrogens is 364 g/mol. The summed E-state index contributed by atoms with van der Waals surface area (Å²) in [5.41, 5.74) is 4.83. The second kappa shape index (κ2) is 8.28. The normalized spacial score (nSPS) is 19.7. The number of aromatic nitrogens is 2. The molecule has 2 fully saturated rings. The number of hydrogen-bond donors (Lipinski definition) is 1. The predicted octanol–water partition coefficient (Wildman–Crippen LogP) is 2.82. The molecule has 6 heteroatoms. The van der Waals surface area contributed by atoms with Crippen molar-refractivity contribution in [2.24, 2.45) is 5.41 Å². The highest BCUT2D eigenvalue weighted by Gasteiger charge is 2.43. The Kier molecular flexibility index (Phi) is 5.74. The van der Waals surface area contributed by atoms with Gasteiger partial charge in [-0.25, -0.2) is 4.68 Å². The van der Waals surface area contributed by atoms with E-state index in [4.69, 9.17) is 4.74 Å². The maximum atomic E-state index is 12.1. The van der Waals surface area contributed by atoms with E-state index in [0.29, 0.717) is 11.8 Å². The molecule has 0 amide bonds. The first kappa shape index (κ1) is 20.1. The molecular formula is C23H32N4O2. The molecule has 29 heavy (non-hydrogen) atoms. The fourth-order valence-electron chi connectivity index (χ4n) is 4.99. The third-order valence-corrected chi connectivity index (χ3v) is 6.50. The Morgan fingerprint density at radius 3 is 2.66 bits per heavy atom. The van der Waals surface area contributed by atoms with Crippen molar-refractivity contribution in [3.8, 4) is 5.69 Å². The minimum Gasteiger partial charge on any atom is -0.469 e. The smallest absolute Gasteiger partial charge is 0.306 e. The van der Waals surface area contributed by atoms with Crippen LogP contribution in [0.25, 0.3) is 5.69 Å². The Bertz CT molecular complexity index is 862. The van der Waals surface area contributed by atoms with Gasteiger partial charge in [0.1, 0.15) is 0 Å². The summed E-state index contributed by atoms with van der Waals surface area (Å²) in [7, 11) is 1.47. The fourth-order valence-corrected chi connectivity index (χ4v) is 4.99. The van der Waals surface area contributed by atoms with Gasteiger partial charge >= 0.3 is 5.97 Å². The lowest BCUT2D eigenvalue weighted by molar-refractivity contribution is -0.141. The lowest BCUT2D eigenvalue weighted by Crippen LogP contribution is -2.60. The van der Waals surface area contributed by atoms with Gasteiger partial charge in [-0.15, -0.1) is 0 Å². The van der Waals surface area contributed by atoms with Gasteiger partial charge in [-0.3, -0.25) is 4.79 Å². The standard InChI is InChI=1S/C23H32N4O2/c1-17-11-18(2)27(25-17)21-6-4-5-19(12-21)20(13-22(28)29-3)14-26-15-23(16-26)7-9-24-10-8-23/h4-6,11-12,20,24H,7-10,13-16H2,1-3H3/t20-/m1/s1. The van der Waals surface area contributed by atoms with Crippen LogP contribution in [0, 0.1) is 19.3 Å². The average molecular weight is 397 g/mol. The van der Waals surface area contributed by atoms with Crippen LogP contribution in [0.2, 0.25) is 0 Å². The Labute approximate surface area is 173 Å². The number of methoxy groups -OCH3 is 1. The number of esters is 1. The zero-order chi connectivity index (χ0) is 20.4. The van der Waals surface area contributed by atoms with Crippen LogP contribution in [0.5, 0.6) is 0 Å². The van der Waals surface area contributed by atoms with E-state index >= 15 is 0 Å². The summed E-state index contributed by atoms with van der Waals surface area (Å²) >= 11 is 0. The number of hydrogen-bond acceptors (Lipinski definition) is 5. The minimum atomic E-state index is -0.149. The Balaban J connectivity index is 1.52. The van der Waals surface area contributed by atoms with Crippen molar-refractivity contribution >= 4 is 5.97 Å². The van der Waals surface area contributed by atoms with Crippen molar-refractivity contribution in [3.05, 3.63) is 47.3 Å². The molecule has 1 aromatic heterocycles. The molecule has 2 aliphatic rings. The van der Waals surface area contributed by atoms with Crippen molar-refractivity contribution in [2.45, 2.75) is 39.0 Å². The molecule has 1 atom stereocenters. The summed E-state index contributed by atoms with van der Waals surface area (Å²) in [5, 5.41) is 8.08. The summed E-state index contributed by atoms with van der Waals surface area (Å²) in [4.78, 5) is 14.6. The van der Waals surface area contributed by atoms with Gasteiger partial charge in [0.25, 0.3) is 0 Å². The second-order valence-corrected chi connectivity index (χ2v) is 8.83. The average Bonchev–Trinajstić information content (AvgIpc) is 3.05. The lowest BCUT2D eigenvalue weighted by Gasteiger charge is -2.53. The number of carbonyl (C=O) groups is 1. The molecule has 4 rings (SSSR count). The number of aryl methyl sites for hydroxylation is 2. The molecule has 1 aromatic carbocycles. The van der Waals surface area contributed by atoms with Crippen LogP contribution in [0.4, 0.5) is 0 Å². The van der Waals surface area contributed by atoms with E-state index in [1.54, 1.807) is 0 Å². The quantitative estimate of drug-likeness (QED) is 0.761. The minimum absolute atomic E-state index is 0.124. The highest BCUT2D eigenvalue weighted by atomic mass is 16.5. The van der Waals surface area contributed by atoms with E-state index < -0.39 is 0 Å². The molecule has 2 aliphatic heterocycles. The van der Waals surface area contributed by atoms with Crippen LogP contribution in [-0.2, 0) is 9.53 Å². The highest BCUT2D eigenvalue weighted by molar-refractivity contribution is 5.70. The molecule has 3 heterocycles. The molecule has 1 spiro atoms. The first-order chi connectivity index (χ1) is 14.0. The van der Waals surface area contributed by atoms with E-state index in [1.807, 2.05) is 11.6 Å². The van der Waals surface area contributed by atoms with Crippen LogP contribution in [-0.4, -0.2) is 60.5 Å². The molecule has 0 radical (unpaired) electrons. The number of carbonyl (C=O) groups excluding carboxylic acids is 1. The molecule has 6 nitrogen and oxygen atoms in total. The van der Waals surface area contributed by atoms with E-state index in [1.165, 1.54) is 25.5 Å². The molecule has 0 bridgehead atoms. The number of ether oxygens (including phenoxy) is 1. The van der Waals surface area contributed by atoms with E-state index in [2.05, 4.69) is 52.6 Å². The number of rotatable bonds is 6. The number of piperidine rings is 1. The molecule has 0 aliphatic carbocycles. The third kappa shape index (κ3) is 4.38. The van der Waals surface area contributed by atoms with Crippen molar-refractivity contribution in [1.29, 1.82) is 0 Å².